The summed E-state index contributed by atoms with van der Waals surface area (Å²) in [4.78, 5) is 18.0. The summed E-state index contributed by atoms with van der Waals surface area (Å²) in [6.45, 7) is 1.40. The fourth-order valence-corrected chi connectivity index (χ4v) is 1.60. The Labute approximate surface area is 117 Å². The van der Waals surface area contributed by atoms with Gasteiger partial charge in [-0.05, 0) is 19.1 Å². The second-order valence-corrected chi connectivity index (χ2v) is 3.97. The molecule has 1 aromatic carbocycles. The van der Waals surface area contributed by atoms with E-state index in [-0.39, 0.29) is 17.4 Å². The van der Waals surface area contributed by atoms with Crippen molar-refractivity contribution in [3.05, 3.63) is 45.6 Å². The summed E-state index contributed by atoms with van der Waals surface area (Å²) in [5, 5.41) is 13.6. The lowest BCUT2D eigenvalue weighted by Crippen LogP contribution is -2.05. The highest BCUT2D eigenvalue weighted by Crippen LogP contribution is 2.33. The first-order valence-electron chi connectivity index (χ1n) is 5.76. The number of hydrogen-bond acceptors (Lipinski definition) is 6. The molecular formula is C12H10F2N4O3. The molecule has 21 heavy (non-hydrogen) atoms. The van der Waals surface area contributed by atoms with E-state index in [0.29, 0.717) is 6.07 Å². The summed E-state index contributed by atoms with van der Waals surface area (Å²) >= 11 is 0. The largest absolute Gasteiger partial charge is 0.430 e. The molecule has 0 aliphatic rings. The van der Waals surface area contributed by atoms with Crippen molar-refractivity contribution >= 4 is 11.6 Å². The van der Waals surface area contributed by atoms with Crippen LogP contribution in [0.1, 0.15) is 5.69 Å². The average Bonchev–Trinajstić information content (AvgIpc) is 2.40. The second kappa shape index (κ2) is 5.65. The van der Waals surface area contributed by atoms with Crippen LogP contribution in [0.15, 0.2) is 18.2 Å². The fourth-order valence-electron chi connectivity index (χ4n) is 1.60. The van der Waals surface area contributed by atoms with Crippen LogP contribution in [-0.2, 0) is 0 Å². The molecule has 1 aromatic heterocycles. The molecule has 0 fully saturated rings. The average molecular weight is 296 g/mol. The van der Waals surface area contributed by atoms with Gasteiger partial charge in [-0.2, -0.15) is 4.98 Å². The zero-order valence-electron chi connectivity index (χ0n) is 11.1. The molecule has 0 aliphatic carbocycles. The molecule has 9 heteroatoms. The van der Waals surface area contributed by atoms with Crippen molar-refractivity contribution in [1.29, 1.82) is 0 Å². The maximum absolute atomic E-state index is 13.6. The van der Waals surface area contributed by atoms with Gasteiger partial charge in [-0.15, -0.1) is 0 Å². The van der Waals surface area contributed by atoms with Gasteiger partial charge in [-0.25, -0.2) is 13.8 Å². The maximum Gasteiger partial charge on any atom is 0.352 e. The summed E-state index contributed by atoms with van der Waals surface area (Å²) in [5.74, 6) is -2.51. The number of rotatable bonds is 4. The van der Waals surface area contributed by atoms with Crippen LogP contribution in [0, 0.1) is 28.7 Å². The number of halogens is 2. The van der Waals surface area contributed by atoms with E-state index in [1.54, 1.807) is 0 Å². The van der Waals surface area contributed by atoms with Crippen LogP contribution in [0.25, 0.3) is 0 Å². The van der Waals surface area contributed by atoms with Crippen molar-refractivity contribution in [3.8, 4) is 11.6 Å². The molecule has 1 heterocycles. The van der Waals surface area contributed by atoms with Gasteiger partial charge in [0.25, 0.3) is 0 Å². The van der Waals surface area contributed by atoms with Gasteiger partial charge < -0.3 is 10.1 Å². The number of anilines is 1. The van der Waals surface area contributed by atoms with Crippen molar-refractivity contribution in [2.75, 3.05) is 12.4 Å². The van der Waals surface area contributed by atoms with Crippen LogP contribution in [-0.4, -0.2) is 21.9 Å². The standard InChI is InChI=1S/C12H10F2N4O3/c1-6-10(18(19)20)11(17-12(15-2)16-6)21-9-4-3-7(13)5-8(9)14/h3-5H,1-2H3,(H,15,16,17). The molecule has 0 saturated carbocycles. The highest BCUT2D eigenvalue weighted by molar-refractivity contribution is 5.50. The molecule has 2 aromatic rings. The molecule has 0 amide bonds. The third-order valence-corrected chi connectivity index (χ3v) is 2.53. The fraction of sp³-hybridized carbons (Fsp3) is 0.167. The minimum atomic E-state index is -0.994. The third kappa shape index (κ3) is 3.02. The minimum absolute atomic E-state index is 0.0527. The number of nitrogens with one attached hydrogen (secondary N) is 1. The van der Waals surface area contributed by atoms with E-state index in [9.17, 15) is 18.9 Å². The number of nitrogens with zero attached hydrogens (tertiary/aromatic N) is 3. The number of nitro groups is 1. The predicted molar refractivity (Wildman–Crippen MR) is 69.4 cm³/mol. The van der Waals surface area contributed by atoms with Crippen molar-refractivity contribution in [3.63, 3.8) is 0 Å². The minimum Gasteiger partial charge on any atom is -0.430 e. The van der Waals surface area contributed by atoms with Crippen LogP contribution in [0.3, 0.4) is 0 Å². The highest BCUT2D eigenvalue weighted by Gasteiger charge is 2.25. The summed E-state index contributed by atoms with van der Waals surface area (Å²) in [6.07, 6.45) is 0. The van der Waals surface area contributed by atoms with Crippen LogP contribution in [0.4, 0.5) is 20.4 Å². The van der Waals surface area contributed by atoms with Gasteiger partial charge in [0, 0.05) is 13.1 Å². The molecule has 0 unspecified atom stereocenters. The Morgan fingerprint density at radius 2 is 2.05 bits per heavy atom. The van der Waals surface area contributed by atoms with Gasteiger partial charge in [0.05, 0.1) is 4.92 Å². The molecule has 0 spiro atoms. The Morgan fingerprint density at radius 1 is 1.33 bits per heavy atom. The third-order valence-electron chi connectivity index (χ3n) is 2.53. The van der Waals surface area contributed by atoms with Gasteiger partial charge in [0.2, 0.25) is 5.95 Å². The van der Waals surface area contributed by atoms with E-state index < -0.39 is 28.1 Å². The molecule has 2 rings (SSSR count). The summed E-state index contributed by atoms with van der Waals surface area (Å²) in [6, 6.07) is 2.59. The Balaban J connectivity index is 2.51. The smallest absolute Gasteiger partial charge is 0.352 e. The maximum atomic E-state index is 13.6. The lowest BCUT2D eigenvalue weighted by Gasteiger charge is -2.09. The highest BCUT2D eigenvalue weighted by atomic mass is 19.1. The molecule has 0 aliphatic heterocycles. The molecular weight excluding hydrogens is 286 g/mol. The topological polar surface area (TPSA) is 90.2 Å². The van der Waals surface area contributed by atoms with Crippen LogP contribution in [0.5, 0.6) is 11.6 Å². The van der Waals surface area contributed by atoms with E-state index in [1.165, 1.54) is 14.0 Å². The molecule has 0 saturated heterocycles. The zero-order valence-corrected chi connectivity index (χ0v) is 11.1. The van der Waals surface area contributed by atoms with E-state index in [1.807, 2.05) is 0 Å². The monoisotopic (exact) mass is 296 g/mol. The molecule has 0 bridgehead atoms. The van der Waals surface area contributed by atoms with Gasteiger partial charge in [0.1, 0.15) is 11.5 Å². The van der Waals surface area contributed by atoms with Crippen molar-refractivity contribution in [1.82, 2.24) is 9.97 Å². The first-order valence-corrected chi connectivity index (χ1v) is 5.76. The lowest BCUT2D eigenvalue weighted by molar-refractivity contribution is -0.386. The van der Waals surface area contributed by atoms with Crippen molar-refractivity contribution in [2.24, 2.45) is 0 Å². The SMILES string of the molecule is CNc1nc(C)c([N+](=O)[O-])c(Oc2ccc(F)cc2F)n1. The van der Waals surface area contributed by atoms with Crippen LogP contribution < -0.4 is 10.1 Å². The van der Waals surface area contributed by atoms with Gasteiger partial charge in [0.15, 0.2) is 11.6 Å². The molecule has 7 nitrogen and oxygen atoms in total. The zero-order chi connectivity index (χ0) is 15.6. The van der Waals surface area contributed by atoms with Gasteiger partial charge in [-0.3, -0.25) is 10.1 Å². The summed E-state index contributed by atoms with van der Waals surface area (Å²) < 4.78 is 31.5. The number of benzene rings is 1. The van der Waals surface area contributed by atoms with E-state index >= 15 is 0 Å². The van der Waals surface area contributed by atoms with Crippen LogP contribution in [0.2, 0.25) is 0 Å². The number of aromatic nitrogens is 2. The van der Waals surface area contributed by atoms with Crippen molar-refractivity contribution in [2.45, 2.75) is 6.92 Å². The first-order chi connectivity index (χ1) is 9.92. The quantitative estimate of drug-likeness (QED) is 0.689. The second-order valence-electron chi connectivity index (χ2n) is 3.97. The molecule has 0 atom stereocenters. The van der Waals surface area contributed by atoms with Gasteiger partial charge in [-0.1, -0.05) is 0 Å². The molecule has 1 N–H and O–H groups in total. The number of ether oxygens (including phenoxy) is 1. The Kier molecular flexibility index (Phi) is 3.92. The Hall–Kier alpha value is -2.84. The predicted octanol–water partition coefficient (Wildman–Crippen LogP) is 2.81. The van der Waals surface area contributed by atoms with Crippen LogP contribution >= 0.6 is 0 Å². The van der Waals surface area contributed by atoms with Crippen molar-refractivity contribution < 1.29 is 18.4 Å². The summed E-state index contributed by atoms with van der Waals surface area (Å²) in [7, 11) is 1.52. The molecule has 110 valence electrons. The van der Waals surface area contributed by atoms with E-state index in [4.69, 9.17) is 4.74 Å². The first kappa shape index (κ1) is 14.6. The Bertz CT molecular complexity index is 709. The molecule has 0 radical (unpaired) electrons. The normalized spacial score (nSPS) is 10.3. The summed E-state index contributed by atoms with van der Waals surface area (Å²) in [5.41, 5.74) is -0.436. The number of aryl methyl sites for hydroxylation is 1. The lowest BCUT2D eigenvalue weighted by atomic mass is 10.3. The number of hydrogen-bond donors (Lipinski definition) is 1. The van der Waals surface area contributed by atoms with E-state index in [2.05, 4.69) is 15.3 Å². The Morgan fingerprint density at radius 3 is 2.62 bits per heavy atom. The van der Waals surface area contributed by atoms with E-state index in [0.717, 1.165) is 12.1 Å². The van der Waals surface area contributed by atoms with Gasteiger partial charge >= 0.3 is 11.6 Å².